The first-order valence-corrected chi connectivity index (χ1v) is 15.1. The van der Waals surface area contributed by atoms with Gasteiger partial charge in [0.05, 0.1) is 26.7 Å². The number of hydrogen-bond donors (Lipinski definition) is 1. The van der Waals surface area contributed by atoms with Crippen LogP contribution in [0.4, 0.5) is 23.5 Å². The summed E-state index contributed by atoms with van der Waals surface area (Å²) in [6.45, 7) is 0.842. The van der Waals surface area contributed by atoms with Crippen molar-refractivity contribution in [2.24, 2.45) is 5.92 Å². The van der Waals surface area contributed by atoms with Gasteiger partial charge in [0.15, 0.2) is 11.5 Å². The van der Waals surface area contributed by atoms with Crippen molar-refractivity contribution in [2.75, 3.05) is 26.6 Å². The van der Waals surface area contributed by atoms with Crippen molar-refractivity contribution in [1.29, 1.82) is 0 Å². The minimum Gasteiger partial charge on any atom is -0.497 e. The molecule has 4 heterocycles. The zero-order chi connectivity index (χ0) is 32.2. The molecule has 0 spiro atoms. The topological polar surface area (TPSA) is 101 Å². The van der Waals surface area contributed by atoms with Crippen LogP contribution in [0.3, 0.4) is 0 Å². The number of alkyl halides is 3. The number of rotatable bonds is 10. The number of nitrogens with one attached hydrogen (secondary N) is 1. The van der Waals surface area contributed by atoms with Crippen molar-refractivity contribution in [3.63, 3.8) is 0 Å². The van der Waals surface area contributed by atoms with E-state index >= 15 is 0 Å². The summed E-state index contributed by atoms with van der Waals surface area (Å²) in [6.07, 6.45) is 0.140. The maximum atomic E-state index is 14.6. The van der Waals surface area contributed by atoms with Gasteiger partial charge in [0.1, 0.15) is 39.8 Å². The number of halogens is 4. The van der Waals surface area contributed by atoms with Gasteiger partial charge in [0.25, 0.3) is 0 Å². The Labute approximate surface area is 261 Å². The predicted octanol–water partition coefficient (Wildman–Crippen LogP) is 6.04. The third-order valence-electron chi connectivity index (χ3n) is 9.19. The van der Waals surface area contributed by atoms with E-state index in [9.17, 15) is 17.6 Å². The van der Waals surface area contributed by atoms with Gasteiger partial charge in [-0.25, -0.2) is 19.3 Å². The van der Waals surface area contributed by atoms with Crippen LogP contribution < -0.4 is 19.5 Å². The highest BCUT2D eigenvalue weighted by atomic mass is 19.4. The van der Waals surface area contributed by atoms with Gasteiger partial charge in [-0.15, -0.1) is 5.10 Å². The zero-order valence-corrected chi connectivity index (χ0v) is 25.6. The molecule has 1 N–H and O–H groups in total. The smallest absolute Gasteiger partial charge is 0.401 e. The van der Waals surface area contributed by atoms with Crippen molar-refractivity contribution >= 4 is 22.5 Å². The van der Waals surface area contributed by atoms with Crippen LogP contribution in [0.5, 0.6) is 17.2 Å². The van der Waals surface area contributed by atoms with Gasteiger partial charge in [-0.05, 0) is 56.2 Å². The normalized spacial score (nSPS) is 17.2. The van der Waals surface area contributed by atoms with Crippen LogP contribution >= 0.6 is 0 Å². The number of fused-ring (bicyclic) bond motifs is 4. The number of benzene rings is 2. The molecule has 2 aliphatic rings. The number of anilines is 1. The average molecular weight is 640 g/mol. The molecule has 0 saturated heterocycles. The molecule has 0 amide bonds. The third kappa shape index (κ3) is 5.13. The summed E-state index contributed by atoms with van der Waals surface area (Å²) in [4.78, 5) is 13.8. The van der Waals surface area contributed by atoms with E-state index in [0.717, 1.165) is 24.1 Å². The fourth-order valence-corrected chi connectivity index (χ4v) is 6.49. The molecule has 1 aliphatic heterocycles. The van der Waals surface area contributed by atoms with E-state index in [2.05, 4.69) is 10.3 Å². The molecule has 242 valence electrons. The van der Waals surface area contributed by atoms with E-state index in [0.29, 0.717) is 65.8 Å². The highest BCUT2D eigenvalue weighted by Gasteiger charge is 2.67. The van der Waals surface area contributed by atoms with E-state index in [1.54, 1.807) is 35.6 Å². The Morgan fingerprint density at radius 1 is 1.02 bits per heavy atom. The van der Waals surface area contributed by atoms with Crippen LogP contribution in [-0.4, -0.2) is 56.6 Å². The SMILES string of the molecule is COc1ccc(CNc2nc3c(OC)cc(F)cc3c3nc(CCC4CCn5c(cnc5C5(C(F)(F)F)CC5)C4)nn23)c(OC)c1. The van der Waals surface area contributed by atoms with Gasteiger partial charge in [0.2, 0.25) is 5.95 Å². The van der Waals surface area contributed by atoms with Crippen LogP contribution in [0.2, 0.25) is 0 Å². The molecule has 7 rings (SSSR count). The van der Waals surface area contributed by atoms with Gasteiger partial charge < -0.3 is 24.1 Å². The van der Waals surface area contributed by atoms with Crippen LogP contribution in [-0.2, 0) is 31.3 Å². The van der Waals surface area contributed by atoms with Gasteiger partial charge in [0, 0.05) is 49.1 Å². The average Bonchev–Trinajstić information content (AvgIpc) is 3.58. The van der Waals surface area contributed by atoms with E-state index in [1.165, 1.54) is 19.2 Å². The van der Waals surface area contributed by atoms with E-state index in [1.807, 2.05) is 12.1 Å². The second kappa shape index (κ2) is 11.3. The number of aromatic nitrogens is 6. The summed E-state index contributed by atoms with van der Waals surface area (Å²) >= 11 is 0. The molecule has 5 aromatic rings. The summed E-state index contributed by atoms with van der Waals surface area (Å²) in [6, 6.07) is 8.15. The van der Waals surface area contributed by atoms with Crippen LogP contribution in [0, 0.1) is 11.7 Å². The predicted molar refractivity (Wildman–Crippen MR) is 161 cm³/mol. The standard InChI is InChI=1S/C32H33F4N7O3/c1-44-22-6-5-19(24(15-22)45-2)16-38-30-40-27-23(13-20(33)14-25(27)46-3)28-39-26(41-43(28)30)7-4-18-8-11-42-21(12-18)17-37-29(42)31(9-10-31)32(34,35)36/h5-6,13-15,17-18H,4,7-12,16H2,1-3H3,(H,38,40). The second-order valence-electron chi connectivity index (χ2n) is 11.9. The number of hydrogen-bond acceptors (Lipinski definition) is 8. The highest BCUT2D eigenvalue weighted by Crippen LogP contribution is 2.58. The largest absolute Gasteiger partial charge is 0.497 e. The molecule has 1 fully saturated rings. The molecular formula is C32H33F4N7O3. The number of imidazole rings is 1. The molecule has 46 heavy (non-hydrogen) atoms. The molecule has 0 bridgehead atoms. The maximum Gasteiger partial charge on any atom is 0.401 e. The fourth-order valence-electron chi connectivity index (χ4n) is 6.49. The monoisotopic (exact) mass is 639 g/mol. The van der Waals surface area contributed by atoms with Crippen LogP contribution in [0.1, 0.15) is 48.6 Å². The van der Waals surface area contributed by atoms with Gasteiger partial charge in [-0.2, -0.15) is 17.7 Å². The third-order valence-corrected chi connectivity index (χ3v) is 9.19. The first-order chi connectivity index (χ1) is 22.1. The molecule has 1 unspecified atom stereocenters. The summed E-state index contributed by atoms with van der Waals surface area (Å²) in [5.41, 5.74) is 0.760. The molecule has 2 aromatic carbocycles. The Morgan fingerprint density at radius 3 is 2.54 bits per heavy atom. The lowest BCUT2D eigenvalue weighted by Gasteiger charge is -2.27. The van der Waals surface area contributed by atoms with Crippen molar-refractivity contribution in [1.82, 2.24) is 29.1 Å². The number of aryl methyl sites for hydroxylation is 1. The van der Waals surface area contributed by atoms with Crippen LogP contribution in [0.25, 0.3) is 16.6 Å². The summed E-state index contributed by atoms with van der Waals surface area (Å²) < 4.78 is 75.6. The lowest BCUT2D eigenvalue weighted by molar-refractivity contribution is -0.163. The summed E-state index contributed by atoms with van der Waals surface area (Å²) in [5, 5.41) is 8.53. The Hall–Kier alpha value is -4.62. The summed E-state index contributed by atoms with van der Waals surface area (Å²) in [5.74, 6) is 2.40. The minimum atomic E-state index is -4.29. The highest BCUT2D eigenvalue weighted by molar-refractivity contribution is 5.96. The first kappa shape index (κ1) is 30.1. The number of methoxy groups -OCH3 is 3. The quantitative estimate of drug-likeness (QED) is 0.185. The van der Waals surface area contributed by atoms with E-state index in [4.69, 9.17) is 29.3 Å². The van der Waals surface area contributed by atoms with Gasteiger partial charge >= 0.3 is 6.18 Å². The lowest BCUT2D eigenvalue weighted by Crippen LogP contribution is -2.33. The molecule has 1 atom stereocenters. The molecule has 1 saturated carbocycles. The lowest BCUT2D eigenvalue weighted by atomic mass is 9.91. The molecule has 14 heteroatoms. The molecule has 10 nitrogen and oxygen atoms in total. The Bertz CT molecular complexity index is 1930. The molecule has 0 radical (unpaired) electrons. The Kier molecular flexibility index (Phi) is 7.40. The molecular weight excluding hydrogens is 606 g/mol. The minimum absolute atomic E-state index is 0.0970. The van der Waals surface area contributed by atoms with Crippen molar-refractivity contribution in [3.8, 4) is 17.2 Å². The van der Waals surface area contributed by atoms with Crippen molar-refractivity contribution in [2.45, 2.75) is 63.2 Å². The first-order valence-electron chi connectivity index (χ1n) is 15.1. The second-order valence-corrected chi connectivity index (χ2v) is 11.9. The Balaban J connectivity index is 1.15. The van der Waals surface area contributed by atoms with Crippen molar-refractivity contribution in [3.05, 3.63) is 65.3 Å². The summed E-state index contributed by atoms with van der Waals surface area (Å²) in [7, 11) is 4.62. The maximum absolute atomic E-state index is 14.6. The molecule has 1 aliphatic carbocycles. The van der Waals surface area contributed by atoms with Crippen molar-refractivity contribution < 1.29 is 31.8 Å². The number of ether oxygens (including phenoxy) is 3. The molecule has 3 aromatic heterocycles. The zero-order valence-electron chi connectivity index (χ0n) is 25.6. The van der Waals surface area contributed by atoms with Gasteiger partial charge in [-0.3, -0.25) is 0 Å². The fraction of sp³-hybridized carbons (Fsp3) is 0.438. The van der Waals surface area contributed by atoms with Crippen LogP contribution in [0.15, 0.2) is 36.5 Å². The Morgan fingerprint density at radius 2 is 1.83 bits per heavy atom. The van der Waals surface area contributed by atoms with E-state index < -0.39 is 17.4 Å². The van der Waals surface area contributed by atoms with Gasteiger partial charge in [-0.1, -0.05) is 0 Å². The van der Waals surface area contributed by atoms with E-state index in [-0.39, 0.29) is 30.3 Å². The number of nitrogens with zero attached hydrogens (tertiary/aromatic N) is 6.